The standard InChI is InChI=1S/C15H22BrN3O/c1-9(2)13(19(3)4)8-17-14-11-6-5-10(16)7-12(11)18-15(14)20/h5-7,9,13-14,17H,8H2,1-4H3,(H,18,20). The van der Waals surface area contributed by atoms with Gasteiger partial charge >= 0.3 is 0 Å². The van der Waals surface area contributed by atoms with Crippen molar-refractivity contribution in [2.45, 2.75) is 25.9 Å². The summed E-state index contributed by atoms with van der Waals surface area (Å²) in [6.07, 6.45) is 0. The van der Waals surface area contributed by atoms with E-state index in [9.17, 15) is 4.79 Å². The third kappa shape index (κ3) is 3.22. The zero-order chi connectivity index (χ0) is 14.9. The van der Waals surface area contributed by atoms with Crippen LogP contribution in [0.3, 0.4) is 0 Å². The van der Waals surface area contributed by atoms with Crippen LogP contribution in [0.5, 0.6) is 0 Å². The second kappa shape index (κ2) is 6.24. The van der Waals surface area contributed by atoms with Crippen molar-refractivity contribution in [2.24, 2.45) is 5.92 Å². The third-order valence-corrected chi connectivity index (χ3v) is 4.30. The van der Waals surface area contributed by atoms with Crippen LogP contribution in [0.25, 0.3) is 0 Å². The summed E-state index contributed by atoms with van der Waals surface area (Å²) in [5.74, 6) is 0.561. The Kier molecular flexibility index (Phi) is 4.83. The average molecular weight is 340 g/mol. The molecule has 4 nitrogen and oxygen atoms in total. The van der Waals surface area contributed by atoms with Gasteiger partial charge in [-0.3, -0.25) is 4.79 Å². The van der Waals surface area contributed by atoms with E-state index >= 15 is 0 Å². The van der Waals surface area contributed by atoms with Crippen LogP contribution in [0.4, 0.5) is 5.69 Å². The highest BCUT2D eigenvalue weighted by atomic mass is 79.9. The molecule has 1 aliphatic rings. The average Bonchev–Trinajstić information content (AvgIpc) is 2.64. The number of carbonyl (C=O) groups is 1. The fourth-order valence-electron chi connectivity index (χ4n) is 2.69. The summed E-state index contributed by atoms with van der Waals surface area (Å²) in [6, 6.07) is 6.07. The lowest BCUT2D eigenvalue weighted by Gasteiger charge is -2.29. The predicted octanol–water partition coefficient (Wildman–Crippen LogP) is 2.62. The van der Waals surface area contributed by atoms with E-state index in [2.05, 4.69) is 59.4 Å². The van der Waals surface area contributed by atoms with Crippen molar-refractivity contribution in [3.8, 4) is 0 Å². The summed E-state index contributed by atoms with van der Waals surface area (Å²) in [6.45, 7) is 5.19. The van der Waals surface area contributed by atoms with Gasteiger partial charge in [0, 0.05) is 28.3 Å². The van der Waals surface area contributed by atoms with E-state index in [-0.39, 0.29) is 11.9 Å². The molecule has 0 radical (unpaired) electrons. The fraction of sp³-hybridized carbons (Fsp3) is 0.533. The van der Waals surface area contributed by atoms with Crippen LogP contribution in [0, 0.1) is 5.92 Å². The maximum absolute atomic E-state index is 12.1. The minimum atomic E-state index is -0.251. The number of halogens is 1. The first kappa shape index (κ1) is 15.5. The van der Waals surface area contributed by atoms with Gasteiger partial charge in [-0.05, 0) is 32.1 Å². The van der Waals surface area contributed by atoms with Crippen molar-refractivity contribution < 1.29 is 4.79 Å². The molecule has 0 saturated heterocycles. The van der Waals surface area contributed by atoms with Crippen molar-refractivity contribution in [1.82, 2.24) is 10.2 Å². The molecule has 1 heterocycles. The van der Waals surface area contributed by atoms with Gasteiger partial charge in [0.1, 0.15) is 6.04 Å². The van der Waals surface area contributed by atoms with Crippen LogP contribution in [-0.4, -0.2) is 37.5 Å². The molecule has 1 aromatic carbocycles. The molecule has 1 aromatic rings. The molecule has 2 unspecified atom stereocenters. The summed E-state index contributed by atoms with van der Waals surface area (Å²) < 4.78 is 0.977. The Labute approximate surface area is 129 Å². The first-order valence-electron chi connectivity index (χ1n) is 6.90. The summed E-state index contributed by atoms with van der Waals surface area (Å²) in [7, 11) is 4.15. The molecule has 20 heavy (non-hydrogen) atoms. The van der Waals surface area contributed by atoms with E-state index in [4.69, 9.17) is 0 Å². The third-order valence-electron chi connectivity index (χ3n) is 3.81. The van der Waals surface area contributed by atoms with E-state index in [0.717, 1.165) is 22.3 Å². The molecular formula is C15H22BrN3O. The van der Waals surface area contributed by atoms with Crippen LogP contribution in [0.2, 0.25) is 0 Å². The Morgan fingerprint density at radius 2 is 2.10 bits per heavy atom. The number of hydrogen-bond acceptors (Lipinski definition) is 3. The number of carbonyl (C=O) groups excluding carboxylic acids is 1. The number of fused-ring (bicyclic) bond motifs is 1. The lowest BCUT2D eigenvalue weighted by atomic mass is 10.0. The van der Waals surface area contributed by atoms with Crippen LogP contribution >= 0.6 is 15.9 Å². The van der Waals surface area contributed by atoms with Gasteiger partial charge in [-0.15, -0.1) is 0 Å². The van der Waals surface area contributed by atoms with E-state index < -0.39 is 0 Å². The Bertz CT molecular complexity index is 494. The normalized spacial score (nSPS) is 19.4. The van der Waals surface area contributed by atoms with Gasteiger partial charge in [0.25, 0.3) is 0 Å². The number of likely N-dealkylation sites (N-methyl/N-ethyl adjacent to an activating group) is 1. The molecule has 0 bridgehead atoms. The summed E-state index contributed by atoms with van der Waals surface area (Å²) in [5, 5.41) is 6.33. The highest BCUT2D eigenvalue weighted by Crippen LogP contribution is 2.33. The molecule has 110 valence electrons. The fourth-order valence-corrected chi connectivity index (χ4v) is 3.05. The first-order valence-corrected chi connectivity index (χ1v) is 7.69. The molecule has 0 fully saturated rings. The smallest absolute Gasteiger partial charge is 0.246 e. The second-order valence-corrected chi connectivity index (χ2v) is 6.75. The number of nitrogens with one attached hydrogen (secondary N) is 2. The molecule has 0 aromatic heterocycles. The molecular weight excluding hydrogens is 318 g/mol. The number of rotatable bonds is 5. The van der Waals surface area contributed by atoms with Gasteiger partial charge in [-0.25, -0.2) is 0 Å². The van der Waals surface area contributed by atoms with Crippen molar-refractivity contribution in [1.29, 1.82) is 0 Å². The Morgan fingerprint density at radius 3 is 2.70 bits per heavy atom. The molecule has 2 N–H and O–H groups in total. The molecule has 1 amide bonds. The Balaban J connectivity index is 2.09. The maximum atomic E-state index is 12.1. The largest absolute Gasteiger partial charge is 0.324 e. The van der Waals surface area contributed by atoms with Crippen LogP contribution in [0.15, 0.2) is 22.7 Å². The Morgan fingerprint density at radius 1 is 1.40 bits per heavy atom. The molecule has 2 rings (SSSR count). The molecule has 1 aliphatic heterocycles. The lowest BCUT2D eigenvalue weighted by Crippen LogP contribution is -2.43. The zero-order valence-corrected chi connectivity index (χ0v) is 14.0. The summed E-state index contributed by atoms with van der Waals surface area (Å²) in [5.41, 5.74) is 1.92. The van der Waals surface area contributed by atoms with Crippen LogP contribution in [-0.2, 0) is 4.79 Å². The van der Waals surface area contributed by atoms with Gasteiger partial charge in [0.2, 0.25) is 5.91 Å². The molecule has 0 aliphatic carbocycles. The Hall–Kier alpha value is -0.910. The minimum Gasteiger partial charge on any atom is -0.324 e. The number of hydrogen-bond donors (Lipinski definition) is 2. The first-order chi connectivity index (χ1) is 9.40. The molecule has 5 heteroatoms. The van der Waals surface area contributed by atoms with E-state index in [1.54, 1.807) is 0 Å². The predicted molar refractivity (Wildman–Crippen MR) is 85.8 cm³/mol. The second-order valence-electron chi connectivity index (χ2n) is 5.84. The number of nitrogens with zero attached hydrogens (tertiary/aromatic N) is 1. The van der Waals surface area contributed by atoms with E-state index in [1.165, 1.54) is 0 Å². The van der Waals surface area contributed by atoms with Crippen molar-refractivity contribution in [3.63, 3.8) is 0 Å². The van der Waals surface area contributed by atoms with Gasteiger partial charge < -0.3 is 15.5 Å². The van der Waals surface area contributed by atoms with Gasteiger partial charge in [0.15, 0.2) is 0 Å². The van der Waals surface area contributed by atoms with Gasteiger partial charge in [0.05, 0.1) is 0 Å². The topological polar surface area (TPSA) is 44.4 Å². The van der Waals surface area contributed by atoms with Crippen LogP contribution in [0.1, 0.15) is 25.5 Å². The van der Waals surface area contributed by atoms with Gasteiger partial charge in [-0.2, -0.15) is 0 Å². The zero-order valence-electron chi connectivity index (χ0n) is 12.4. The van der Waals surface area contributed by atoms with Crippen molar-refractivity contribution >= 4 is 27.5 Å². The summed E-state index contributed by atoms with van der Waals surface area (Å²) >= 11 is 3.43. The van der Waals surface area contributed by atoms with Crippen molar-refractivity contribution in [2.75, 3.05) is 26.0 Å². The number of benzene rings is 1. The highest BCUT2D eigenvalue weighted by molar-refractivity contribution is 9.10. The molecule has 0 saturated carbocycles. The van der Waals surface area contributed by atoms with E-state index in [0.29, 0.717) is 12.0 Å². The highest BCUT2D eigenvalue weighted by Gasteiger charge is 2.31. The van der Waals surface area contributed by atoms with Crippen LogP contribution < -0.4 is 10.6 Å². The summed E-state index contributed by atoms with van der Waals surface area (Å²) in [4.78, 5) is 14.3. The number of anilines is 1. The molecule has 2 atom stereocenters. The quantitative estimate of drug-likeness (QED) is 0.866. The lowest BCUT2D eigenvalue weighted by molar-refractivity contribution is -0.117. The molecule has 0 spiro atoms. The monoisotopic (exact) mass is 339 g/mol. The van der Waals surface area contributed by atoms with E-state index in [1.807, 2.05) is 18.2 Å². The van der Waals surface area contributed by atoms with Crippen molar-refractivity contribution in [3.05, 3.63) is 28.2 Å². The SMILES string of the molecule is CC(C)C(CNC1C(=O)Nc2cc(Br)ccc21)N(C)C. The number of amides is 1. The minimum absolute atomic E-state index is 0.0272. The maximum Gasteiger partial charge on any atom is 0.246 e. The van der Waals surface area contributed by atoms with Gasteiger partial charge in [-0.1, -0.05) is 35.8 Å².